The summed E-state index contributed by atoms with van der Waals surface area (Å²) >= 11 is 0. The Labute approximate surface area is 143 Å². The van der Waals surface area contributed by atoms with Crippen molar-refractivity contribution < 1.29 is 23.5 Å². The molecule has 0 saturated carbocycles. The van der Waals surface area contributed by atoms with Gasteiger partial charge in [-0.25, -0.2) is 9.18 Å². The van der Waals surface area contributed by atoms with Crippen molar-refractivity contribution in [2.75, 3.05) is 7.11 Å². The van der Waals surface area contributed by atoms with Crippen LogP contribution in [0.2, 0.25) is 0 Å². The van der Waals surface area contributed by atoms with E-state index in [1.54, 1.807) is 24.3 Å². The first-order chi connectivity index (χ1) is 12.1. The second kappa shape index (κ2) is 7.13. The van der Waals surface area contributed by atoms with Crippen LogP contribution in [0.3, 0.4) is 0 Å². The molecular formula is C20H15FO4. The lowest BCUT2D eigenvalue weighted by Crippen LogP contribution is -2.15. The molecule has 0 bridgehead atoms. The molecule has 0 spiro atoms. The third kappa shape index (κ3) is 3.66. The molecule has 3 rings (SSSR count). The van der Waals surface area contributed by atoms with Crippen molar-refractivity contribution in [3.63, 3.8) is 0 Å². The highest BCUT2D eigenvalue weighted by atomic mass is 19.1. The number of carbonyl (C=O) groups is 2. The van der Waals surface area contributed by atoms with Gasteiger partial charge in [0.25, 0.3) is 0 Å². The van der Waals surface area contributed by atoms with Gasteiger partial charge in [-0.3, -0.25) is 4.79 Å². The van der Waals surface area contributed by atoms with Crippen molar-refractivity contribution in [2.45, 2.75) is 6.42 Å². The summed E-state index contributed by atoms with van der Waals surface area (Å²) in [6.07, 6.45) is -0.236. The number of esters is 2. The van der Waals surface area contributed by atoms with E-state index in [0.717, 1.165) is 10.8 Å². The molecular weight excluding hydrogens is 323 g/mol. The van der Waals surface area contributed by atoms with Crippen LogP contribution in [0.15, 0.2) is 60.7 Å². The molecule has 3 aromatic carbocycles. The summed E-state index contributed by atoms with van der Waals surface area (Å²) < 4.78 is 23.8. The molecule has 0 atom stereocenters. The van der Waals surface area contributed by atoms with Crippen molar-refractivity contribution in [1.82, 2.24) is 0 Å². The van der Waals surface area contributed by atoms with Crippen LogP contribution in [0, 0.1) is 5.82 Å². The number of hydrogen-bond acceptors (Lipinski definition) is 4. The Bertz CT molecular complexity index is 949. The molecule has 0 aliphatic rings. The minimum Gasteiger partial charge on any atom is -0.465 e. The van der Waals surface area contributed by atoms with Crippen molar-refractivity contribution in [3.8, 4) is 5.75 Å². The lowest BCUT2D eigenvalue weighted by Gasteiger charge is -2.11. The Morgan fingerprint density at radius 1 is 0.960 bits per heavy atom. The summed E-state index contributed by atoms with van der Waals surface area (Å²) in [7, 11) is 1.25. The van der Waals surface area contributed by atoms with Crippen LogP contribution in [0.1, 0.15) is 15.9 Å². The van der Waals surface area contributed by atoms with Crippen molar-refractivity contribution in [3.05, 3.63) is 77.6 Å². The lowest BCUT2D eigenvalue weighted by atomic mass is 10.1. The molecule has 0 unspecified atom stereocenters. The van der Waals surface area contributed by atoms with Crippen molar-refractivity contribution >= 4 is 22.7 Å². The van der Waals surface area contributed by atoms with Gasteiger partial charge in [0.15, 0.2) is 0 Å². The molecule has 0 aromatic heterocycles. The number of carbonyl (C=O) groups excluding carboxylic acids is 2. The molecule has 0 aliphatic heterocycles. The molecule has 4 nitrogen and oxygen atoms in total. The fourth-order valence-corrected chi connectivity index (χ4v) is 2.53. The monoisotopic (exact) mass is 338 g/mol. The lowest BCUT2D eigenvalue weighted by molar-refractivity contribution is -0.133. The first-order valence-corrected chi connectivity index (χ1v) is 7.63. The molecule has 0 aliphatic carbocycles. The third-order valence-electron chi connectivity index (χ3n) is 3.77. The zero-order valence-electron chi connectivity index (χ0n) is 13.5. The summed E-state index contributed by atoms with van der Waals surface area (Å²) in [6, 6.07) is 16.5. The highest BCUT2D eigenvalue weighted by molar-refractivity contribution is 5.99. The minimum absolute atomic E-state index is 0.0897. The number of rotatable bonds is 4. The van der Waals surface area contributed by atoms with Gasteiger partial charge in [-0.2, -0.15) is 0 Å². The fourth-order valence-electron chi connectivity index (χ4n) is 2.53. The molecule has 3 aromatic rings. The van der Waals surface area contributed by atoms with Gasteiger partial charge >= 0.3 is 11.9 Å². The van der Waals surface area contributed by atoms with E-state index in [1.165, 1.54) is 19.2 Å². The van der Waals surface area contributed by atoms with Crippen LogP contribution >= 0.6 is 0 Å². The number of ether oxygens (including phenoxy) is 2. The molecule has 0 N–H and O–H groups in total. The highest BCUT2D eigenvalue weighted by Gasteiger charge is 2.18. The molecule has 0 fully saturated rings. The number of methoxy groups -OCH3 is 1. The minimum atomic E-state index is -0.662. The van der Waals surface area contributed by atoms with Crippen LogP contribution < -0.4 is 4.74 Å². The van der Waals surface area contributed by atoms with Gasteiger partial charge in [-0.1, -0.05) is 42.5 Å². The van der Waals surface area contributed by atoms with E-state index in [0.29, 0.717) is 0 Å². The summed E-state index contributed by atoms with van der Waals surface area (Å²) in [4.78, 5) is 24.2. The van der Waals surface area contributed by atoms with Gasteiger partial charge in [0.2, 0.25) is 0 Å². The van der Waals surface area contributed by atoms with E-state index in [9.17, 15) is 14.0 Å². The third-order valence-corrected chi connectivity index (χ3v) is 3.77. The SMILES string of the molecule is COC(=O)c1cc2ccccc2cc1OC(=O)Cc1ccccc1F. The first-order valence-electron chi connectivity index (χ1n) is 7.63. The smallest absolute Gasteiger partial charge is 0.341 e. The molecule has 0 amide bonds. The maximum absolute atomic E-state index is 13.7. The molecule has 0 saturated heterocycles. The summed E-state index contributed by atoms with van der Waals surface area (Å²) in [5.74, 6) is -1.66. The largest absolute Gasteiger partial charge is 0.465 e. The maximum Gasteiger partial charge on any atom is 0.341 e. The Balaban J connectivity index is 1.92. The summed E-state index contributed by atoms with van der Waals surface area (Å²) in [6.45, 7) is 0. The quantitative estimate of drug-likeness (QED) is 0.534. The second-order valence-corrected chi connectivity index (χ2v) is 5.43. The van der Waals surface area contributed by atoms with Gasteiger partial charge in [0, 0.05) is 0 Å². The molecule has 0 heterocycles. The van der Waals surface area contributed by atoms with Crippen LogP contribution in [-0.2, 0) is 16.0 Å². The van der Waals surface area contributed by atoms with Crippen LogP contribution in [0.4, 0.5) is 4.39 Å². The van der Waals surface area contributed by atoms with Crippen molar-refractivity contribution in [2.24, 2.45) is 0 Å². The number of fused-ring (bicyclic) bond motifs is 1. The van der Waals surface area contributed by atoms with Gasteiger partial charge in [0.05, 0.1) is 13.5 Å². The second-order valence-electron chi connectivity index (χ2n) is 5.43. The fraction of sp³-hybridized carbons (Fsp3) is 0.100. The predicted octanol–water partition coefficient (Wildman–Crippen LogP) is 3.91. The van der Waals surface area contributed by atoms with Crippen LogP contribution in [-0.4, -0.2) is 19.0 Å². The van der Waals surface area contributed by atoms with E-state index in [2.05, 4.69) is 0 Å². The van der Waals surface area contributed by atoms with Crippen LogP contribution in [0.25, 0.3) is 10.8 Å². The van der Waals surface area contributed by atoms with Gasteiger partial charge in [-0.15, -0.1) is 0 Å². The first kappa shape index (κ1) is 16.6. The number of hydrogen-bond donors (Lipinski definition) is 0. The Morgan fingerprint density at radius 2 is 1.60 bits per heavy atom. The summed E-state index contributed by atoms with van der Waals surface area (Å²) in [5.41, 5.74) is 0.371. The predicted molar refractivity (Wildman–Crippen MR) is 91.0 cm³/mol. The molecule has 0 radical (unpaired) electrons. The van der Waals surface area contributed by atoms with E-state index < -0.39 is 17.8 Å². The van der Waals surface area contributed by atoms with Gasteiger partial charge < -0.3 is 9.47 Å². The zero-order chi connectivity index (χ0) is 17.8. The average Bonchev–Trinajstić information content (AvgIpc) is 2.62. The van der Waals surface area contributed by atoms with E-state index >= 15 is 0 Å². The Kier molecular flexibility index (Phi) is 4.75. The Hall–Kier alpha value is -3.21. The van der Waals surface area contributed by atoms with E-state index in [4.69, 9.17) is 9.47 Å². The number of benzene rings is 3. The standard InChI is InChI=1S/C20H15FO4/c1-24-20(23)16-10-13-6-2-3-7-14(13)11-18(16)25-19(22)12-15-8-4-5-9-17(15)21/h2-11H,12H2,1H3. The molecule has 25 heavy (non-hydrogen) atoms. The van der Waals surface area contributed by atoms with E-state index in [-0.39, 0.29) is 23.3 Å². The highest BCUT2D eigenvalue weighted by Crippen LogP contribution is 2.27. The van der Waals surface area contributed by atoms with E-state index in [1.807, 2.05) is 24.3 Å². The van der Waals surface area contributed by atoms with Crippen LogP contribution in [0.5, 0.6) is 5.75 Å². The van der Waals surface area contributed by atoms with Gasteiger partial charge in [-0.05, 0) is 34.5 Å². The van der Waals surface area contributed by atoms with Crippen molar-refractivity contribution in [1.29, 1.82) is 0 Å². The summed E-state index contributed by atoms with van der Waals surface area (Å²) in [5, 5.41) is 1.63. The zero-order valence-corrected chi connectivity index (χ0v) is 13.5. The normalized spacial score (nSPS) is 10.5. The topological polar surface area (TPSA) is 52.6 Å². The number of halogens is 1. The maximum atomic E-state index is 13.7. The van der Waals surface area contributed by atoms with Gasteiger partial charge in [0.1, 0.15) is 17.1 Å². The average molecular weight is 338 g/mol. The molecule has 5 heteroatoms. The molecule has 126 valence electrons. The Morgan fingerprint density at radius 3 is 2.28 bits per heavy atom.